The normalized spacial score (nSPS) is 10.4. The highest BCUT2D eigenvalue weighted by atomic mass is 16.7. The van der Waals surface area contributed by atoms with Crippen LogP contribution in [0.1, 0.15) is 60.6 Å². The van der Waals surface area contributed by atoms with E-state index >= 15 is 0 Å². The SMILES string of the molecule is C.C.C.CCC(C)(C)C(=O)OCOc1ccc(-c2ccc(OC(=O)C=Cc3ccc(C)cc3)cc2)cc1. The fourth-order valence-corrected chi connectivity index (χ4v) is 2.94. The van der Waals surface area contributed by atoms with Crippen molar-refractivity contribution >= 4 is 18.0 Å². The summed E-state index contributed by atoms with van der Waals surface area (Å²) in [5, 5.41) is 0. The fourth-order valence-electron chi connectivity index (χ4n) is 2.94. The third-order valence-corrected chi connectivity index (χ3v) is 5.60. The Balaban J connectivity index is 0.00000432. The van der Waals surface area contributed by atoms with E-state index in [1.54, 1.807) is 18.2 Å². The lowest BCUT2D eigenvalue weighted by atomic mass is 9.91. The van der Waals surface area contributed by atoms with E-state index in [2.05, 4.69) is 0 Å². The molecule has 0 amide bonds. The van der Waals surface area contributed by atoms with E-state index in [4.69, 9.17) is 14.2 Å². The van der Waals surface area contributed by atoms with Gasteiger partial charge in [0.2, 0.25) is 6.79 Å². The molecule has 0 aliphatic heterocycles. The van der Waals surface area contributed by atoms with E-state index in [9.17, 15) is 9.59 Å². The molecule has 0 aliphatic carbocycles. The molecule has 0 heterocycles. The molecule has 0 N–H and O–H groups in total. The van der Waals surface area contributed by atoms with E-state index in [-0.39, 0.29) is 35.0 Å². The lowest BCUT2D eigenvalue weighted by Crippen LogP contribution is -2.27. The largest absolute Gasteiger partial charge is 0.457 e. The van der Waals surface area contributed by atoms with Crippen LogP contribution >= 0.6 is 0 Å². The molecule has 5 nitrogen and oxygen atoms in total. The third kappa shape index (κ3) is 9.96. The number of esters is 2. The number of rotatable bonds is 9. The van der Waals surface area contributed by atoms with E-state index < -0.39 is 11.4 Å². The molecule has 0 spiro atoms. The van der Waals surface area contributed by atoms with Crippen LogP contribution in [0.15, 0.2) is 78.9 Å². The Kier molecular flexibility index (Phi) is 13.7. The van der Waals surface area contributed by atoms with Crippen LogP contribution in [0.25, 0.3) is 17.2 Å². The zero-order valence-electron chi connectivity index (χ0n) is 20.0. The van der Waals surface area contributed by atoms with Crippen molar-refractivity contribution in [2.24, 2.45) is 5.41 Å². The predicted octanol–water partition coefficient (Wildman–Crippen LogP) is 8.50. The molecule has 0 saturated heterocycles. The van der Waals surface area contributed by atoms with Crippen molar-refractivity contribution in [3.8, 4) is 22.6 Å². The van der Waals surface area contributed by atoms with Gasteiger partial charge in [-0.1, -0.05) is 83.3 Å². The summed E-state index contributed by atoms with van der Waals surface area (Å²) in [5.74, 6) is 0.367. The summed E-state index contributed by atoms with van der Waals surface area (Å²) in [6.45, 7) is 7.53. The summed E-state index contributed by atoms with van der Waals surface area (Å²) in [4.78, 5) is 24.1. The zero-order chi connectivity index (χ0) is 24.6. The minimum absolute atomic E-state index is 0. The predicted molar refractivity (Wildman–Crippen MR) is 154 cm³/mol. The van der Waals surface area contributed by atoms with Gasteiger partial charge in [0.25, 0.3) is 0 Å². The van der Waals surface area contributed by atoms with E-state index in [1.165, 1.54) is 11.6 Å². The number of aryl methyl sites for hydroxylation is 1. The van der Waals surface area contributed by atoms with Crippen LogP contribution in [-0.2, 0) is 14.3 Å². The highest BCUT2D eigenvalue weighted by molar-refractivity contribution is 5.88. The van der Waals surface area contributed by atoms with Crippen molar-refractivity contribution in [3.05, 3.63) is 90.0 Å². The van der Waals surface area contributed by atoms with Gasteiger partial charge in [-0.05, 0) is 74.2 Å². The summed E-state index contributed by atoms with van der Waals surface area (Å²) in [6, 6.07) is 22.6. The van der Waals surface area contributed by atoms with Gasteiger partial charge in [0, 0.05) is 6.08 Å². The average Bonchev–Trinajstić information content (AvgIpc) is 2.84. The molecule has 200 valence electrons. The minimum atomic E-state index is -0.523. The van der Waals surface area contributed by atoms with E-state index in [1.807, 2.05) is 88.4 Å². The molecule has 37 heavy (non-hydrogen) atoms. The molecule has 0 fully saturated rings. The maximum atomic E-state index is 12.1. The second-order valence-electron chi connectivity index (χ2n) is 8.65. The van der Waals surface area contributed by atoms with E-state index in [0.717, 1.165) is 16.7 Å². The highest BCUT2D eigenvalue weighted by Gasteiger charge is 2.27. The van der Waals surface area contributed by atoms with Crippen LogP contribution in [0.4, 0.5) is 0 Å². The quantitative estimate of drug-likeness (QED) is 0.126. The first-order chi connectivity index (χ1) is 16.3. The van der Waals surface area contributed by atoms with Gasteiger partial charge in [0.15, 0.2) is 0 Å². The molecule has 5 heteroatoms. The Bertz CT molecular complexity index is 1130. The van der Waals surface area contributed by atoms with Gasteiger partial charge in [-0.15, -0.1) is 0 Å². The number of hydrogen-bond donors (Lipinski definition) is 0. The summed E-state index contributed by atoms with van der Waals surface area (Å²) < 4.78 is 16.1. The van der Waals surface area contributed by atoms with Gasteiger partial charge in [0.05, 0.1) is 5.41 Å². The lowest BCUT2D eigenvalue weighted by molar-refractivity contribution is -0.160. The molecule has 0 aromatic heterocycles. The van der Waals surface area contributed by atoms with Gasteiger partial charge in [-0.3, -0.25) is 4.79 Å². The van der Waals surface area contributed by atoms with Crippen LogP contribution in [0.5, 0.6) is 11.5 Å². The Morgan fingerprint density at radius 1 is 0.784 bits per heavy atom. The molecule has 3 aromatic carbocycles. The Morgan fingerprint density at radius 2 is 1.30 bits per heavy atom. The van der Waals surface area contributed by atoms with Gasteiger partial charge in [-0.25, -0.2) is 4.79 Å². The van der Waals surface area contributed by atoms with Crippen LogP contribution in [-0.4, -0.2) is 18.7 Å². The molecule has 0 unspecified atom stereocenters. The van der Waals surface area contributed by atoms with Crippen LogP contribution in [0, 0.1) is 12.3 Å². The van der Waals surface area contributed by atoms with Crippen LogP contribution < -0.4 is 9.47 Å². The maximum Gasteiger partial charge on any atom is 0.336 e. The standard InChI is InChI=1S/C29H30O5.3CH4/c1-5-29(3,4)28(31)33-20-32-25-15-11-23(12-16-25)24-13-17-26(18-14-24)34-27(30)19-10-22-8-6-21(2)7-9-22;;;/h6-19H,5,20H2,1-4H3;3*1H4. The van der Waals surface area contributed by atoms with Crippen LogP contribution in [0.3, 0.4) is 0 Å². The molecule has 3 aromatic rings. The molecule has 0 saturated carbocycles. The molecule has 3 rings (SSSR count). The van der Waals surface area contributed by atoms with Crippen molar-refractivity contribution in [1.29, 1.82) is 0 Å². The molecular formula is C32H42O5. The van der Waals surface area contributed by atoms with Gasteiger partial charge < -0.3 is 14.2 Å². The zero-order valence-corrected chi connectivity index (χ0v) is 20.0. The lowest BCUT2D eigenvalue weighted by Gasteiger charge is -2.20. The van der Waals surface area contributed by atoms with Crippen molar-refractivity contribution in [3.63, 3.8) is 0 Å². The molecule has 0 radical (unpaired) electrons. The van der Waals surface area contributed by atoms with E-state index in [0.29, 0.717) is 17.9 Å². The maximum absolute atomic E-state index is 12.1. The van der Waals surface area contributed by atoms with Gasteiger partial charge in [-0.2, -0.15) is 0 Å². The molecule has 0 aliphatic rings. The number of hydrogen-bond acceptors (Lipinski definition) is 5. The Hall–Kier alpha value is -3.86. The van der Waals surface area contributed by atoms with Gasteiger partial charge in [0.1, 0.15) is 11.5 Å². The van der Waals surface area contributed by atoms with Crippen molar-refractivity contribution in [2.45, 2.75) is 56.4 Å². The fraction of sp³-hybridized carbons (Fsp3) is 0.312. The second-order valence-corrected chi connectivity index (χ2v) is 8.65. The molecule has 0 bridgehead atoms. The Morgan fingerprint density at radius 3 is 1.81 bits per heavy atom. The Labute approximate surface area is 223 Å². The molecule has 0 atom stereocenters. The summed E-state index contributed by atoms with van der Waals surface area (Å²) in [7, 11) is 0. The number of benzene rings is 3. The summed E-state index contributed by atoms with van der Waals surface area (Å²) >= 11 is 0. The molecular weight excluding hydrogens is 464 g/mol. The number of carbonyl (C=O) groups is 2. The summed E-state index contributed by atoms with van der Waals surface area (Å²) in [5.41, 5.74) is 3.53. The monoisotopic (exact) mass is 506 g/mol. The van der Waals surface area contributed by atoms with Crippen molar-refractivity contribution in [1.82, 2.24) is 0 Å². The van der Waals surface area contributed by atoms with Crippen molar-refractivity contribution < 1.29 is 23.8 Å². The first-order valence-electron chi connectivity index (χ1n) is 11.2. The smallest absolute Gasteiger partial charge is 0.336 e. The average molecular weight is 507 g/mol. The number of carbonyl (C=O) groups excluding carboxylic acids is 2. The third-order valence-electron chi connectivity index (χ3n) is 5.60. The summed E-state index contributed by atoms with van der Waals surface area (Å²) in [6.07, 6.45) is 3.84. The first-order valence-corrected chi connectivity index (χ1v) is 11.2. The minimum Gasteiger partial charge on any atom is -0.457 e. The van der Waals surface area contributed by atoms with Gasteiger partial charge >= 0.3 is 11.9 Å². The van der Waals surface area contributed by atoms with Crippen molar-refractivity contribution in [2.75, 3.05) is 6.79 Å². The number of ether oxygens (including phenoxy) is 3. The highest BCUT2D eigenvalue weighted by Crippen LogP contribution is 2.25. The topological polar surface area (TPSA) is 61.8 Å². The van der Waals surface area contributed by atoms with Crippen LogP contribution in [0.2, 0.25) is 0 Å². The second kappa shape index (κ2) is 15.3. The first kappa shape index (κ1) is 33.1.